The Balaban J connectivity index is 2.45. The first kappa shape index (κ1) is 15.0. The molecule has 1 aromatic carbocycles. The Morgan fingerprint density at radius 2 is 1.84 bits per heavy atom. The van der Waals surface area contributed by atoms with Crippen LogP contribution in [0.4, 0.5) is 0 Å². The molecule has 0 atom stereocenters. The van der Waals surface area contributed by atoms with Gasteiger partial charge in [0.15, 0.2) is 0 Å². The second kappa shape index (κ2) is 7.41. The summed E-state index contributed by atoms with van der Waals surface area (Å²) in [6.07, 6.45) is 0.120. The van der Waals surface area contributed by atoms with Gasteiger partial charge in [0.1, 0.15) is 5.75 Å². The van der Waals surface area contributed by atoms with E-state index in [-0.39, 0.29) is 19.3 Å². The van der Waals surface area contributed by atoms with Crippen LogP contribution in [0.1, 0.15) is 26.3 Å². The van der Waals surface area contributed by atoms with Crippen molar-refractivity contribution in [1.82, 2.24) is 5.32 Å². The summed E-state index contributed by atoms with van der Waals surface area (Å²) < 4.78 is 10.1. The lowest BCUT2D eigenvalue weighted by atomic mass is 10.2. The lowest BCUT2D eigenvalue weighted by molar-refractivity contribution is -0.154. The Kier molecular flexibility index (Phi) is 5.85. The Hall–Kier alpha value is -2.04. The van der Waals surface area contributed by atoms with Gasteiger partial charge in [-0.25, -0.2) is 4.79 Å². The first-order valence-corrected chi connectivity index (χ1v) is 6.23. The van der Waals surface area contributed by atoms with E-state index in [1.54, 1.807) is 6.92 Å². The van der Waals surface area contributed by atoms with Gasteiger partial charge >= 0.3 is 11.9 Å². The second-order valence-corrected chi connectivity index (χ2v) is 4.21. The number of carbonyl (C=O) groups excluding carboxylic acids is 2. The topological polar surface area (TPSA) is 64.6 Å². The molecule has 0 heterocycles. The molecule has 0 unspecified atom stereocenters. The van der Waals surface area contributed by atoms with Gasteiger partial charge in [0.25, 0.3) is 0 Å². The minimum Gasteiger partial charge on any atom is -0.491 e. The monoisotopic (exact) mass is 265 g/mol. The lowest BCUT2D eigenvalue weighted by Crippen LogP contribution is -2.32. The smallest absolute Gasteiger partial charge is 0.396 e. The van der Waals surface area contributed by atoms with Crippen molar-refractivity contribution in [1.29, 1.82) is 0 Å². The van der Waals surface area contributed by atoms with Crippen molar-refractivity contribution in [3.05, 3.63) is 29.8 Å². The zero-order valence-electron chi connectivity index (χ0n) is 11.4. The van der Waals surface area contributed by atoms with Crippen LogP contribution in [0.3, 0.4) is 0 Å². The Morgan fingerprint density at radius 3 is 2.37 bits per heavy atom. The summed E-state index contributed by atoms with van der Waals surface area (Å²) in [5.74, 6) is -0.818. The van der Waals surface area contributed by atoms with Crippen molar-refractivity contribution < 1.29 is 19.1 Å². The lowest BCUT2D eigenvalue weighted by Gasteiger charge is -2.10. The maximum Gasteiger partial charge on any atom is 0.396 e. The molecular weight excluding hydrogens is 246 g/mol. The highest BCUT2D eigenvalue weighted by atomic mass is 16.5. The van der Waals surface area contributed by atoms with E-state index in [1.165, 1.54) is 0 Å². The molecule has 104 valence electrons. The van der Waals surface area contributed by atoms with E-state index in [0.29, 0.717) is 0 Å². The highest BCUT2D eigenvalue weighted by molar-refractivity contribution is 6.32. The van der Waals surface area contributed by atoms with E-state index < -0.39 is 11.9 Å². The average molecular weight is 265 g/mol. The first-order valence-electron chi connectivity index (χ1n) is 6.23. The van der Waals surface area contributed by atoms with Gasteiger partial charge in [-0.15, -0.1) is 0 Å². The summed E-state index contributed by atoms with van der Waals surface area (Å²) in [5, 5.41) is 2.49. The molecular formula is C14H19NO4. The average Bonchev–Trinajstić information content (AvgIpc) is 2.37. The fourth-order valence-corrected chi connectivity index (χ4v) is 1.41. The largest absolute Gasteiger partial charge is 0.491 e. The van der Waals surface area contributed by atoms with E-state index in [2.05, 4.69) is 10.1 Å². The third-order valence-electron chi connectivity index (χ3n) is 2.21. The molecule has 0 spiro atoms. The normalized spacial score (nSPS) is 10.1. The molecule has 1 rings (SSSR count). The molecule has 1 aromatic rings. The number of nitrogens with one attached hydrogen (secondary N) is 1. The molecule has 0 radical (unpaired) electrons. The molecule has 1 amide bonds. The third-order valence-corrected chi connectivity index (χ3v) is 2.21. The molecule has 0 aliphatic carbocycles. The van der Waals surface area contributed by atoms with Crippen molar-refractivity contribution in [3.63, 3.8) is 0 Å². The van der Waals surface area contributed by atoms with Gasteiger partial charge in [0, 0.05) is 6.54 Å². The Morgan fingerprint density at radius 1 is 1.21 bits per heavy atom. The molecule has 0 aliphatic rings. The molecule has 0 saturated carbocycles. The Labute approximate surface area is 112 Å². The van der Waals surface area contributed by atoms with Crippen molar-refractivity contribution in [3.8, 4) is 5.75 Å². The maximum atomic E-state index is 11.3. The standard InChI is InChI=1S/C14H19NO4/c1-4-18-14(17)13(16)15-9-11-5-7-12(8-6-11)19-10(2)3/h5-8,10H,4,9H2,1-3H3,(H,15,16). The fraction of sp³-hybridized carbons (Fsp3) is 0.429. The summed E-state index contributed by atoms with van der Waals surface area (Å²) in [6.45, 7) is 6.02. The number of benzene rings is 1. The zero-order valence-corrected chi connectivity index (χ0v) is 11.4. The zero-order chi connectivity index (χ0) is 14.3. The summed E-state index contributed by atoms with van der Waals surface area (Å²) in [5.41, 5.74) is 0.883. The number of hydrogen-bond acceptors (Lipinski definition) is 4. The summed E-state index contributed by atoms with van der Waals surface area (Å²) in [7, 11) is 0. The minimum absolute atomic E-state index is 0.120. The molecule has 5 heteroatoms. The van der Waals surface area contributed by atoms with E-state index >= 15 is 0 Å². The second-order valence-electron chi connectivity index (χ2n) is 4.21. The predicted molar refractivity (Wildman–Crippen MR) is 70.7 cm³/mol. The van der Waals surface area contributed by atoms with Crippen LogP contribution < -0.4 is 10.1 Å². The number of carbonyl (C=O) groups is 2. The first-order chi connectivity index (χ1) is 9.02. The number of esters is 1. The molecule has 5 nitrogen and oxygen atoms in total. The van der Waals surface area contributed by atoms with Crippen LogP contribution in [0.5, 0.6) is 5.75 Å². The summed E-state index contributed by atoms with van der Waals surface area (Å²) >= 11 is 0. The number of hydrogen-bond donors (Lipinski definition) is 1. The summed E-state index contributed by atoms with van der Waals surface area (Å²) in [6, 6.07) is 7.32. The van der Waals surface area contributed by atoms with Crippen molar-refractivity contribution >= 4 is 11.9 Å². The molecule has 0 fully saturated rings. The van der Waals surface area contributed by atoms with Gasteiger partial charge in [-0.05, 0) is 38.5 Å². The van der Waals surface area contributed by atoms with Crippen molar-refractivity contribution in [2.24, 2.45) is 0 Å². The number of ether oxygens (including phenoxy) is 2. The van der Waals surface area contributed by atoms with Crippen LogP contribution in [-0.4, -0.2) is 24.6 Å². The summed E-state index contributed by atoms with van der Waals surface area (Å²) in [4.78, 5) is 22.4. The molecule has 0 aromatic heterocycles. The Bertz CT molecular complexity index is 426. The predicted octanol–water partition coefficient (Wildman–Crippen LogP) is 1.65. The van der Waals surface area contributed by atoms with Gasteiger partial charge < -0.3 is 14.8 Å². The van der Waals surface area contributed by atoms with Crippen LogP contribution in [-0.2, 0) is 20.9 Å². The van der Waals surface area contributed by atoms with Crippen LogP contribution in [0, 0.1) is 0 Å². The third kappa shape index (κ3) is 5.42. The maximum absolute atomic E-state index is 11.3. The molecule has 0 saturated heterocycles. The SMILES string of the molecule is CCOC(=O)C(=O)NCc1ccc(OC(C)C)cc1. The van der Waals surface area contributed by atoms with Crippen molar-refractivity contribution in [2.45, 2.75) is 33.4 Å². The van der Waals surface area contributed by atoms with Gasteiger partial charge in [-0.1, -0.05) is 12.1 Å². The van der Waals surface area contributed by atoms with Crippen LogP contribution in [0.2, 0.25) is 0 Å². The van der Waals surface area contributed by atoms with Crippen molar-refractivity contribution in [2.75, 3.05) is 6.61 Å². The molecule has 0 bridgehead atoms. The van der Waals surface area contributed by atoms with Crippen LogP contribution in [0.25, 0.3) is 0 Å². The van der Waals surface area contributed by atoms with Gasteiger partial charge in [-0.3, -0.25) is 4.79 Å². The molecule has 0 aliphatic heterocycles. The van der Waals surface area contributed by atoms with E-state index in [4.69, 9.17) is 4.74 Å². The van der Waals surface area contributed by atoms with Gasteiger partial charge in [-0.2, -0.15) is 0 Å². The van der Waals surface area contributed by atoms with E-state index in [1.807, 2.05) is 38.1 Å². The van der Waals surface area contributed by atoms with E-state index in [9.17, 15) is 9.59 Å². The number of rotatable bonds is 5. The van der Waals surface area contributed by atoms with Gasteiger partial charge in [0.05, 0.1) is 12.7 Å². The highest BCUT2D eigenvalue weighted by Crippen LogP contribution is 2.13. The van der Waals surface area contributed by atoms with E-state index in [0.717, 1.165) is 11.3 Å². The molecule has 1 N–H and O–H groups in total. The minimum atomic E-state index is -0.859. The quantitative estimate of drug-likeness (QED) is 0.649. The highest BCUT2D eigenvalue weighted by Gasteiger charge is 2.13. The van der Waals surface area contributed by atoms with Gasteiger partial charge in [0.2, 0.25) is 0 Å². The van der Waals surface area contributed by atoms with Crippen LogP contribution in [0.15, 0.2) is 24.3 Å². The number of amides is 1. The van der Waals surface area contributed by atoms with Crippen LogP contribution >= 0.6 is 0 Å². The fourth-order valence-electron chi connectivity index (χ4n) is 1.41. The molecule has 19 heavy (non-hydrogen) atoms.